The Balaban J connectivity index is 2.28. The zero-order chi connectivity index (χ0) is 14.0. The Labute approximate surface area is 128 Å². The predicted molar refractivity (Wildman–Crippen MR) is 80.8 cm³/mol. The van der Waals surface area contributed by atoms with Crippen LogP contribution in [0.1, 0.15) is 10.4 Å². The molecule has 7 heteroatoms. The molecule has 1 heterocycles. The molecule has 0 aliphatic carbocycles. The van der Waals surface area contributed by atoms with Gasteiger partial charge in [-0.15, -0.1) is 0 Å². The third-order valence-corrected chi connectivity index (χ3v) is 3.44. The maximum atomic E-state index is 12.1. The van der Waals surface area contributed by atoms with Gasteiger partial charge in [-0.2, -0.15) is 0 Å². The Morgan fingerprint density at radius 1 is 1.32 bits per heavy atom. The molecule has 1 aromatic carbocycles. The van der Waals surface area contributed by atoms with Gasteiger partial charge < -0.3 is 11.1 Å². The van der Waals surface area contributed by atoms with E-state index in [1.807, 2.05) is 0 Å². The summed E-state index contributed by atoms with van der Waals surface area (Å²) < 4.78 is 0.582. The van der Waals surface area contributed by atoms with E-state index in [1.165, 1.54) is 12.3 Å². The third kappa shape index (κ3) is 3.37. The van der Waals surface area contributed by atoms with Crippen LogP contribution < -0.4 is 11.1 Å². The number of aromatic nitrogens is 1. The van der Waals surface area contributed by atoms with Crippen LogP contribution in [0, 0.1) is 0 Å². The number of hydrogen-bond acceptors (Lipinski definition) is 3. The molecule has 2 aromatic rings. The van der Waals surface area contributed by atoms with Crippen molar-refractivity contribution in [2.24, 2.45) is 0 Å². The summed E-state index contributed by atoms with van der Waals surface area (Å²) in [5.74, 6) is -0.0410. The molecular formula is C12H8BrCl2N3O. The van der Waals surface area contributed by atoms with E-state index in [0.29, 0.717) is 26.0 Å². The molecule has 0 saturated carbocycles. The van der Waals surface area contributed by atoms with Crippen LogP contribution in [0.5, 0.6) is 0 Å². The topological polar surface area (TPSA) is 68.0 Å². The molecule has 3 N–H and O–H groups in total. The first-order chi connectivity index (χ1) is 8.97. The predicted octanol–water partition coefficient (Wildman–Crippen LogP) is 3.99. The average molecular weight is 361 g/mol. The number of pyridine rings is 1. The fourth-order valence-electron chi connectivity index (χ4n) is 1.39. The highest BCUT2D eigenvalue weighted by Gasteiger charge is 2.13. The minimum absolute atomic E-state index is 0.277. The minimum Gasteiger partial charge on any atom is -0.397 e. The number of rotatable bonds is 2. The summed E-state index contributed by atoms with van der Waals surface area (Å²) in [7, 11) is 0. The summed E-state index contributed by atoms with van der Waals surface area (Å²) in [4.78, 5) is 16.1. The molecule has 0 spiro atoms. The third-order valence-electron chi connectivity index (χ3n) is 2.27. The van der Waals surface area contributed by atoms with E-state index in [0.717, 1.165) is 0 Å². The Bertz CT molecular complexity index is 649. The lowest BCUT2D eigenvalue weighted by atomic mass is 10.2. The van der Waals surface area contributed by atoms with Crippen molar-refractivity contribution in [3.05, 3.63) is 50.5 Å². The van der Waals surface area contributed by atoms with Gasteiger partial charge in [0.25, 0.3) is 5.91 Å². The zero-order valence-electron chi connectivity index (χ0n) is 9.45. The highest BCUT2D eigenvalue weighted by Crippen LogP contribution is 2.25. The quantitative estimate of drug-likeness (QED) is 0.850. The molecule has 1 aromatic heterocycles. The summed E-state index contributed by atoms with van der Waals surface area (Å²) in [6.45, 7) is 0. The lowest BCUT2D eigenvalue weighted by Gasteiger charge is -2.08. The summed E-state index contributed by atoms with van der Waals surface area (Å²) in [6, 6.07) is 6.30. The molecular weight excluding hydrogens is 353 g/mol. The number of carbonyl (C=O) groups excluding carboxylic acids is 1. The first-order valence-electron chi connectivity index (χ1n) is 5.15. The summed E-state index contributed by atoms with van der Waals surface area (Å²) >= 11 is 15.1. The van der Waals surface area contributed by atoms with Crippen molar-refractivity contribution in [2.45, 2.75) is 0 Å². The number of benzene rings is 1. The normalized spacial score (nSPS) is 10.3. The summed E-state index contributed by atoms with van der Waals surface area (Å²) in [5, 5.41) is 3.37. The number of carbonyl (C=O) groups is 1. The molecule has 98 valence electrons. The number of amides is 1. The van der Waals surface area contributed by atoms with Gasteiger partial charge >= 0.3 is 0 Å². The number of anilines is 2. The largest absolute Gasteiger partial charge is 0.397 e. The van der Waals surface area contributed by atoms with Crippen molar-refractivity contribution in [1.82, 2.24) is 4.98 Å². The zero-order valence-corrected chi connectivity index (χ0v) is 12.6. The second-order valence-corrected chi connectivity index (χ2v) is 5.38. The van der Waals surface area contributed by atoms with E-state index < -0.39 is 5.91 Å². The number of nitrogen functional groups attached to an aromatic ring is 1. The SMILES string of the molecule is Nc1cnc(NC(=O)c2cc(Cl)ccc2Cl)c(Br)c1. The van der Waals surface area contributed by atoms with Crippen molar-refractivity contribution in [1.29, 1.82) is 0 Å². The highest BCUT2D eigenvalue weighted by molar-refractivity contribution is 9.10. The van der Waals surface area contributed by atoms with Crippen molar-refractivity contribution in [2.75, 3.05) is 11.1 Å². The number of nitrogens with one attached hydrogen (secondary N) is 1. The molecule has 0 aliphatic heterocycles. The van der Waals surface area contributed by atoms with E-state index >= 15 is 0 Å². The van der Waals surface area contributed by atoms with Crippen molar-refractivity contribution in [3.8, 4) is 0 Å². The maximum Gasteiger partial charge on any atom is 0.258 e. The van der Waals surface area contributed by atoms with Gasteiger partial charge in [0.15, 0.2) is 0 Å². The highest BCUT2D eigenvalue weighted by atomic mass is 79.9. The monoisotopic (exact) mass is 359 g/mol. The molecule has 0 radical (unpaired) electrons. The Hall–Kier alpha value is -1.30. The van der Waals surface area contributed by atoms with E-state index in [1.54, 1.807) is 18.2 Å². The van der Waals surface area contributed by atoms with Crippen LogP contribution in [-0.2, 0) is 0 Å². The second kappa shape index (κ2) is 5.77. The summed E-state index contributed by atoms with van der Waals surface area (Å²) in [6.07, 6.45) is 1.44. The average Bonchev–Trinajstić information content (AvgIpc) is 2.35. The second-order valence-electron chi connectivity index (χ2n) is 3.68. The van der Waals surface area contributed by atoms with Crippen LogP contribution in [-0.4, -0.2) is 10.9 Å². The molecule has 19 heavy (non-hydrogen) atoms. The van der Waals surface area contributed by atoms with Gasteiger partial charge in [-0.1, -0.05) is 23.2 Å². The van der Waals surface area contributed by atoms with Gasteiger partial charge in [-0.3, -0.25) is 4.79 Å². The molecule has 2 rings (SSSR count). The fraction of sp³-hybridized carbons (Fsp3) is 0. The van der Waals surface area contributed by atoms with Crippen LogP contribution in [0.3, 0.4) is 0 Å². The first kappa shape index (κ1) is 14.1. The van der Waals surface area contributed by atoms with Gasteiger partial charge in [0.1, 0.15) is 5.82 Å². The Morgan fingerprint density at radius 3 is 2.74 bits per heavy atom. The van der Waals surface area contributed by atoms with E-state index in [9.17, 15) is 4.79 Å². The maximum absolute atomic E-state index is 12.1. The van der Waals surface area contributed by atoms with E-state index in [4.69, 9.17) is 28.9 Å². The van der Waals surface area contributed by atoms with Crippen molar-refractivity contribution < 1.29 is 4.79 Å². The minimum atomic E-state index is -0.398. The number of nitrogens with two attached hydrogens (primary N) is 1. The molecule has 0 atom stereocenters. The smallest absolute Gasteiger partial charge is 0.258 e. The molecule has 1 amide bonds. The van der Waals surface area contributed by atoms with Crippen LogP contribution >= 0.6 is 39.1 Å². The number of nitrogens with zero attached hydrogens (tertiary/aromatic N) is 1. The van der Waals surface area contributed by atoms with Gasteiger partial charge in [-0.25, -0.2) is 4.98 Å². The van der Waals surface area contributed by atoms with Gasteiger partial charge in [-0.05, 0) is 40.2 Å². The molecule has 0 saturated heterocycles. The molecule has 4 nitrogen and oxygen atoms in total. The fourth-order valence-corrected chi connectivity index (χ4v) is 2.23. The van der Waals surface area contributed by atoms with Gasteiger partial charge in [0.2, 0.25) is 0 Å². The van der Waals surface area contributed by atoms with E-state index in [2.05, 4.69) is 26.2 Å². The lowest BCUT2D eigenvalue weighted by Crippen LogP contribution is -2.14. The number of hydrogen-bond donors (Lipinski definition) is 2. The van der Waals surface area contributed by atoms with E-state index in [-0.39, 0.29) is 5.56 Å². The molecule has 0 unspecified atom stereocenters. The Morgan fingerprint density at radius 2 is 2.05 bits per heavy atom. The van der Waals surface area contributed by atoms with Gasteiger partial charge in [0, 0.05) is 5.02 Å². The van der Waals surface area contributed by atoms with Crippen LogP contribution in [0.25, 0.3) is 0 Å². The first-order valence-corrected chi connectivity index (χ1v) is 6.69. The number of halogens is 3. The lowest BCUT2D eigenvalue weighted by molar-refractivity contribution is 0.102. The standard InChI is InChI=1S/C12H8BrCl2N3O/c13-9-4-7(16)5-17-11(9)18-12(19)8-3-6(14)1-2-10(8)15/h1-5H,16H2,(H,17,18,19). The van der Waals surface area contributed by atoms with Crippen LogP contribution in [0.2, 0.25) is 10.0 Å². The molecule has 0 bridgehead atoms. The van der Waals surface area contributed by atoms with Crippen LogP contribution in [0.15, 0.2) is 34.9 Å². The molecule has 0 fully saturated rings. The van der Waals surface area contributed by atoms with Crippen molar-refractivity contribution in [3.63, 3.8) is 0 Å². The van der Waals surface area contributed by atoms with Crippen LogP contribution in [0.4, 0.5) is 11.5 Å². The summed E-state index contributed by atoms with van der Waals surface area (Å²) in [5.41, 5.74) is 6.34. The van der Waals surface area contributed by atoms with Crippen molar-refractivity contribution >= 4 is 56.5 Å². The van der Waals surface area contributed by atoms with Gasteiger partial charge in [0.05, 0.1) is 26.9 Å². The molecule has 0 aliphatic rings. The Kier molecular flexibility index (Phi) is 4.29.